The van der Waals surface area contributed by atoms with Crippen LogP contribution < -0.4 is 60.1 Å². The third-order valence-electron chi connectivity index (χ3n) is 19.1. The number of aliphatic hydroxyl groups is 1. The van der Waals surface area contributed by atoms with Gasteiger partial charge in [-0.25, -0.2) is 9.69 Å². The van der Waals surface area contributed by atoms with E-state index in [1.54, 1.807) is 84.3 Å². The molecule has 2 fully saturated rings. The average molecular weight is 1400 g/mol. The Balaban J connectivity index is 0.606. The van der Waals surface area contributed by atoms with Crippen LogP contribution in [-0.2, 0) is 46.7 Å². The molecule has 9 amide bonds. The number of benzene rings is 6. The summed E-state index contributed by atoms with van der Waals surface area (Å²) >= 11 is 0. The van der Waals surface area contributed by atoms with Crippen LogP contribution in [0.15, 0.2) is 133 Å². The lowest BCUT2D eigenvalue weighted by atomic mass is 10.0. The Morgan fingerprint density at radius 3 is 2.07 bits per heavy atom. The van der Waals surface area contributed by atoms with Crippen molar-refractivity contribution >= 4 is 87.9 Å². The Labute approximate surface area is 595 Å². The van der Waals surface area contributed by atoms with Crippen molar-refractivity contribution < 1.29 is 76.7 Å². The Bertz CT molecular complexity index is 4450. The molecule has 0 aromatic heterocycles. The fourth-order valence-corrected chi connectivity index (χ4v) is 13.1. The van der Waals surface area contributed by atoms with E-state index in [0.29, 0.717) is 71.1 Å². The predicted octanol–water partition coefficient (Wildman–Crippen LogP) is 7.54. The highest BCUT2D eigenvalue weighted by Gasteiger charge is 2.58. The summed E-state index contributed by atoms with van der Waals surface area (Å²) in [5.41, 5.74) is 6.56. The normalized spacial score (nSPS) is 17.6. The van der Waals surface area contributed by atoms with Crippen molar-refractivity contribution in [3.8, 4) is 40.6 Å². The number of fused-ring (bicyclic) bond motifs is 6. The highest BCUT2D eigenvalue weighted by Crippen LogP contribution is 2.57. The summed E-state index contributed by atoms with van der Waals surface area (Å²) in [5, 5.41) is 25.1. The summed E-state index contributed by atoms with van der Waals surface area (Å²) in [7, 11) is 4.53. The van der Waals surface area contributed by atoms with Crippen molar-refractivity contribution in [1.29, 1.82) is 0 Å². The Hall–Kier alpha value is -11.7. The lowest BCUT2D eigenvalue weighted by molar-refractivity contribution is -0.132. The van der Waals surface area contributed by atoms with Crippen LogP contribution in [0.2, 0.25) is 0 Å². The molecule has 5 heterocycles. The van der Waals surface area contributed by atoms with Crippen LogP contribution in [0, 0.1) is 23.2 Å². The molecular weight excluding hydrogens is 1320 g/mol. The number of amides is 9. The van der Waals surface area contributed by atoms with Gasteiger partial charge in [0.05, 0.1) is 94.5 Å². The molecule has 26 nitrogen and oxygen atoms in total. The number of para-hydroxylation sites is 1. The van der Waals surface area contributed by atoms with Gasteiger partial charge in [0.1, 0.15) is 24.4 Å². The van der Waals surface area contributed by atoms with Crippen molar-refractivity contribution in [2.75, 3.05) is 69.3 Å². The Morgan fingerprint density at radius 1 is 0.689 bits per heavy atom. The van der Waals surface area contributed by atoms with E-state index in [1.807, 2.05) is 72.9 Å². The molecular formula is C77H80N10O16. The monoisotopic (exact) mass is 1400 g/mol. The molecule has 1 unspecified atom stereocenters. The summed E-state index contributed by atoms with van der Waals surface area (Å²) in [6, 6.07) is 31.9. The van der Waals surface area contributed by atoms with Crippen LogP contribution in [0.1, 0.15) is 114 Å². The molecule has 6 N–H and O–H groups in total. The van der Waals surface area contributed by atoms with Gasteiger partial charge in [-0.1, -0.05) is 80.3 Å². The number of carbonyl (C=O) groups excluding carboxylic acids is 9. The minimum absolute atomic E-state index is 0.0506. The molecule has 0 radical (unpaired) electrons. The molecule has 5 aliphatic heterocycles. The van der Waals surface area contributed by atoms with E-state index in [9.17, 15) is 48.3 Å². The second-order valence-electron chi connectivity index (χ2n) is 26.4. The number of hydrogen-bond acceptors (Lipinski definition) is 17. The number of anilines is 3. The smallest absolute Gasteiger partial charge is 0.416 e. The standard InChI is InChI=1S/C77H80N10O16/c1-45(2)70(83-68(90)40-80-67(89)39-79-66(88)26-27-69(91)85-41-51-14-8-7-12-48(51)18-19-50-13-9-10-15-59(50)85)72(93)81-46(3)71(92)82-53-22-16-47(17-23-53)43-103-76(97)87-60-36-65(63(100-6)34-57(60)74(95)86-44-77(28-29-77)37-61(86)75(87)96)102-31-11-30-101-64-35-58-56(33-62(64)99-5)73(94)84-42-52(32-54(84)38-78-58)49-20-24-55(98-4)25-21-49/h7-10,12-17,20-25,33-36,38,42,45-46,54,61,70,75,96H,11,26-32,37,39-41,43-44H2,1-6H3,(H,79,88)(H,80,89)(H,81,93)(H,82,92)(H,83,90)/t46-,54-,61-,70-,75?/m0/s1. The predicted molar refractivity (Wildman–Crippen MR) is 380 cm³/mol. The van der Waals surface area contributed by atoms with E-state index >= 15 is 0 Å². The van der Waals surface area contributed by atoms with E-state index in [0.717, 1.165) is 45.8 Å². The zero-order chi connectivity index (χ0) is 72.6. The second-order valence-corrected chi connectivity index (χ2v) is 26.4. The first kappa shape index (κ1) is 71.1. The quantitative estimate of drug-likeness (QED) is 0.0238. The van der Waals surface area contributed by atoms with Crippen LogP contribution in [-0.4, -0.2) is 159 Å². The number of rotatable bonds is 25. The number of hydrogen-bond donors (Lipinski definition) is 6. The number of methoxy groups -OCH3 is 3. The molecule has 0 bridgehead atoms. The van der Waals surface area contributed by atoms with Crippen molar-refractivity contribution in [2.45, 2.75) is 109 Å². The molecule has 6 aromatic carbocycles. The fraction of sp³-hybridized carbons (Fsp3) is 0.351. The summed E-state index contributed by atoms with van der Waals surface area (Å²) in [6.07, 6.45) is 3.98. The summed E-state index contributed by atoms with van der Waals surface area (Å²) in [6.45, 7) is 4.46. The van der Waals surface area contributed by atoms with E-state index in [4.69, 9.17) is 33.4 Å². The van der Waals surface area contributed by atoms with Crippen LogP contribution in [0.3, 0.4) is 0 Å². The minimum atomic E-state index is -1.50. The van der Waals surface area contributed by atoms with Crippen molar-refractivity contribution in [1.82, 2.24) is 31.1 Å². The van der Waals surface area contributed by atoms with Gasteiger partial charge in [-0.3, -0.25) is 43.3 Å². The molecule has 6 aromatic rings. The average Bonchev–Trinajstić information content (AvgIpc) is 1.57. The van der Waals surface area contributed by atoms with Gasteiger partial charge < -0.3 is 74.8 Å². The molecule has 103 heavy (non-hydrogen) atoms. The maximum absolute atomic E-state index is 14.5. The maximum atomic E-state index is 14.5. The molecule has 534 valence electrons. The zero-order valence-electron chi connectivity index (χ0n) is 57.9. The van der Waals surface area contributed by atoms with Crippen LogP contribution >= 0.6 is 0 Å². The lowest BCUT2D eigenvalue weighted by Gasteiger charge is -2.31. The largest absolute Gasteiger partial charge is 0.497 e. The lowest BCUT2D eigenvalue weighted by Crippen LogP contribution is -2.55. The number of carbonyl (C=O) groups is 9. The molecule has 1 aliphatic carbocycles. The van der Waals surface area contributed by atoms with Crippen molar-refractivity contribution in [3.63, 3.8) is 0 Å². The van der Waals surface area contributed by atoms with Gasteiger partial charge in [0.15, 0.2) is 29.2 Å². The first-order valence-electron chi connectivity index (χ1n) is 34.1. The van der Waals surface area contributed by atoms with Gasteiger partial charge in [0.25, 0.3) is 11.8 Å². The molecule has 1 spiro atoms. The fourth-order valence-electron chi connectivity index (χ4n) is 13.1. The highest BCUT2D eigenvalue weighted by atomic mass is 16.6. The summed E-state index contributed by atoms with van der Waals surface area (Å²) in [4.78, 5) is 133. The Morgan fingerprint density at radius 2 is 1.36 bits per heavy atom. The minimum Gasteiger partial charge on any atom is -0.497 e. The number of aliphatic imine (C=N–C) groups is 1. The van der Waals surface area contributed by atoms with Gasteiger partial charge in [0.2, 0.25) is 35.4 Å². The SMILES string of the molecule is COc1ccc(C2=CN3C(=O)c4cc(OC)c(OCCCOc5cc6c(cc5OC)C(=O)N5CC7(CC7)C[C@H]5C(O)N6C(=O)OCc5ccc(NC(=O)[C@H](C)NC(=O)[C@@H](NC(=O)CNC(=O)CNC(=O)CCC(=O)N6Cc7ccccc7C#Cc7ccccc76)C(C)C)cc5)cc4N=C[C@@H]3C2)cc1. The van der Waals surface area contributed by atoms with E-state index in [-0.39, 0.29) is 91.1 Å². The van der Waals surface area contributed by atoms with E-state index in [1.165, 1.54) is 33.3 Å². The van der Waals surface area contributed by atoms with Crippen molar-refractivity contribution in [3.05, 3.63) is 166 Å². The van der Waals surface area contributed by atoms with Gasteiger partial charge in [-0.05, 0) is 114 Å². The molecule has 12 rings (SSSR count). The Kier molecular flexibility index (Phi) is 21.4. The van der Waals surface area contributed by atoms with Gasteiger partial charge in [0, 0.05) is 73.6 Å². The van der Waals surface area contributed by atoms with Crippen LogP contribution in [0.25, 0.3) is 5.57 Å². The van der Waals surface area contributed by atoms with E-state index < -0.39 is 79.0 Å². The topological polar surface area (TPSA) is 315 Å². The second kappa shape index (κ2) is 31.0. The summed E-state index contributed by atoms with van der Waals surface area (Å²) in [5.74, 6) is 3.58. The number of ether oxygens (including phenoxy) is 6. The number of aliphatic hydroxyl groups excluding tert-OH is 1. The molecule has 1 saturated carbocycles. The maximum Gasteiger partial charge on any atom is 0.416 e. The molecule has 26 heteroatoms. The third kappa shape index (κ3) is 16.1. The third-order valence-corrected chi connectivity index (χ3v) is 19.1. The van der Waals surface area contributed by atoms with Crippen LogP contribution in [0.4, 0.5) is 27.5 Å². The van der Waals surface area contributed by atoms with Gasteiger partial charge in [-0.15, -0.1) is 0 Å². The van der Waals surface area contributed by atoms with E-state index in [2.05, 4.69) is 38.4 Å². The van der Waals surface area contributed by atoms with Crippen molar-refractivity contribution in [2.24, 2.45) is 16.3 Å². The molecule has 1 saturated heterocycles. The highest BCUT2D eigenvalue weighted by molar-refractivity contribution is 6.07. The number of nitrogens with one attached hydrogen (secondary N) is 5. The summed E-state index contributed by atoms with van der Waals surface area (Å²) < 4.78 is 35.1. The van der Waals surface area contributed by atoms with Gasteiger partial charge in [-0.2, -0.15) is 0 Å². The molecule has 6 aliphatic rings. The van der Waals surface area contributed by atoms with Gasteiger partial charge >= 0.3 is 6.09 Å². The number of nitrogens with zero attached hydrogens (tertiary/aromatic N) is 5. The first-order valence-corrected chi connectivity index (χ1v) is 34.1. The molecule has 5 atom stereocenters. The zero-order valence-corrected chi connectivity index (χ0v) is 57.9. The first-order chi connectivity index (χ1) is 49.7. The van der Waals surface area contributed by atoms with Crippen LogP contribution in [0.5, 0.6) is 28.7 Å².